The van der Waals surface area contributed by atoms with Gasteiger partial charge in [-0.3, -0.25) is 19.3 Å². The van der Waals surface area contributed by atoms with Crippen molar-refractivity contribution >= 4 is 29.5 Å². The van der Waals surface area contributed by atoms with Gasteiger partial charge in [0.05, 0.1) is 26.2 Å². The summed E-state index contributed by atoms with van der Waals surface area (Å²) in [5.41, 5.74) is 0. The molecule has 0 aromatic carbocycles. The van der Waals surface area contributed by atoms with Gasteiger partial charge in [-0.25, -0.2) is 0 Å². The van der Waals surface area contributed by atoms with Gasteiger partial charge in [-0.05, 0) is 13.3 Å². The van der Waals surface area contributed by atoms with Crippen LogP contribution in [0.1, 0.15) is 52.4 Å². The number of ether oxygens (including phenoxy) is 1. The van der Waals surface area contributed by atoms with Gasteiger partial charge >= 0.3 is 5.97 Å². The van der Waals surface area contributed by atoms with Crippen LogP contribution in [0, 0.1) is 0 Å². The van der Waals surface area contributed by atoms with Crippen molar-refractivity contribution in [1.82, 2.24) is 4.90 Å². The van der Waals surface area contributed by atoms with Crippen LogP contribution in [0.3, 0.4) is 0 Å². The van der Waals surface area contributed by atoms with Gasteiger partial charge in [0.25, 0.3) is 0 Å². The van der Waals surface area contributed by atoms with Crippen LogP contribution in [0.25, 0.3) is 0 Å². The molecule has 122 valence electrons. The van der Waals surface area contributed by atoms with Crippen molar-refractivity contribution in [3.8, 4) is 0 Å². The minimum Gasteiger partial charge on any atom is -0.465 e. The lowest BCUT2D eigenvalue weighted by Crippen LogP contribution is -2.37. The van der Waals surface area contributed by atoms with Gasteiger partial charge in [-0.1, -0.05) is 39.0 Å². The SMILES string of the molecule is CCCCCCCCOC(=O)CN(CC(C)=O)CC(=O)S. The first-order valence-electron chi connectivity index (χ1n) is 7.55. The molecule has 6 heteroatoms. The van der Waals surface area contributed by atoms with E-state index in [4.69, 9.17) is 4.74 Å². The summed E-state index contributed by atoms with van der Waals surface area (Å²) >= 11 is 3.66. The first kappa shape index (κ1) is 20.1. The molecule has 0 heterocycles. The first-order valence-corrected chi connectivity index (χ1v) is 7.99. The third-order valence-electron chi connectivity index (χ3n) is 2.92. The average molecular weight is 317 g/mol. The molecular formula is C15H27NO4S. The molecule has 0 spiro atoms. The molecule has 0 amide bonds. The second-order valence-electron chi connectivity index (χ2n) is 5.23. The number of hydrogen-bond acceptors (Lipinski definition) is 5. The Morgan fingerprint density at radius 3 is 2.14 bits per heavy atom. The van der Waals surface area contributed by atoms with Gasteiger partial charge in [-0.15, -0.1) is 12.6 Å². The summed E-state index contributed by atoms with van der Waals surface area (Å²) in [6.45, 7) is 3.95. The lowest BCUT2D eigenvalue weighted by atomic mass is 10.1. The molecule has 0 aliphatic heterocycles. The maximum atomic E-state index is 11.6. The molecule has 5 nitrogen and oxygen atoms in total. The molecule has 0 aliphatic carbocycles. The topological polar surface area (TPSA) is 63.7 Å². The second-order valence-corrected chi connectivity index (χ2v) is 5.73. The minimum absolute atomic E-state index is 0.0329. The molecule has 0 saturated heterocycles. The number of Topliss-reactive ketones (excluding diaryl/α,β-unsaturated/α-hetero) is 1. The Morgan fingerprint density at radius 1 is 0.952 bits per heavy atom. The Bertz CT molecular complexity index is 318. The van der Waals surface area contributed by atoms with Crippen LogP contribution in [0.5, 0.6) is 0 Å². The Kier molecular flexibility index (Phi) is 12.3. The van der Waals surface area contributed by atoms with Gasteiger partial charge in [0.2, 0.25) is 0 Å². The van der Waals surface area contributed by atoms with Gasteiger partial charge in [0.1, 0.15) is 5.78 Å². The molecule has 0 unspecified atom stereocenters. The summed E-state index contributed by atoms with van der Waals surface area (Å²) in [4.78, 5) is 35.1. The van der Waals surface area contributed by atoms with E-state index in [9.17, 15) is 14.4 Å². The van der Waals surface area contributed by atoms with Crippen molar-refractivity contribution in [3.63, 3.8) is 0 Å². The van der Waals surface area contributed by atoms with Crippen molar-refractivity contribution in [2.45, 2.75) is 52.4 Å². The summed E-state index contributed by atoms with van der Waals surface area (Å²) < 4.78 is 5.11. The number of nitrogens with zero attached hydrogens (tertiary/aromatic N) is 1. The van der Waals surface area contributed by atoms with E-state index in [1.165, 1.54) is 31.1 Å². The van der Waals surface area contributed by atoms with Crippen molar-refractivity contribution in [3.05, 3.63) is 0 Å². The molecule has 0 fully saturated rings. The number of esters is 1. The van der Waals surface area contributed by atoms with Crippen molar-refractivity contribution in [1.29, 1.82) is 0 Å². The molecule has 0 rings (SSSR count). The molecular weight excluding hydrogens is 290 g/mol. The van der Waals surface area contributed by atoms with Crippen LogP contribution < -0.4 is 0 Å². The summed E-state index contributed by atoms with van der Waals surface area (Å²) in [5, 5.41) is -0.375. The highest BCUT2D eigenvalue weighted by molar-refractivity contribution is 7.96. The maximum absolute atomic E-state index is 11.6. The number of carbonyl (C=O) groups excluding carboxylic acids is 3. The summed E-state index contributed by atoms with van der Waals surface area (Å²) in [5.74, 6) is -0.507. The molecule has 0 radical (unpaired) electrons. The highest BCUT2D eigenvalue weighted by Gasteiger charge is 2.15. The molecule has 0 atom stereocenters. The zero-order chi connectivity index (χ0) is 16.1. The van der Waals surface area contributed by atoms with E-state index in [0.717, 1.165) is 19.3 Å². The third kappa shape index (κ3) is 13.8. The minimum atomic E-state index is -0.403. The lowest BCUT2D eigenvalue weighted by molar-refractivity contribution is -0.145. The smallest absolute Gasteiger partial charge is 0.320 e. The second kappa shape index (κ2) is 12.8. The number of rotatable bonds is 13. The average Bonchev–Trinajstić information content (AvgIpc) is 2.36. The summed E-state index contributed by atoms with van der Waals surface area (Å²) in [7, 11) is 0. The Hall–Kier alpha value is -0.880. The van der Waals surface area contributed by atoms with Gasteiger partial charge in [0.15, 0.2) is 5.12 Å². The predicted molar refractivity (Wildman–Crippen MR) is 85.4 cm³/mol. The van der Waals surface area contributed by atoms with Crippen LogP contribution >= 0.6 is 12.6 Å². The monoisotopic (exact) mass is 317 g/mol. The van der Waals surface area contributed by atoms with Gasteiger partial charge in [-0.2, -0.15) is 0 Å². The fourth-order valence-corrected chi connectivity index (χ4v) is 2.17. The van der Waals surface area contributed by atoms with Crippen LogP contribution in [0.15, 0.2) is 0 Å². The molecule has 0 aliphatic rings. The Morgan fingerprint density at radius 2 is 1.57 bits per heavy atom. The van der Waals surface area contributed by atoms with Crippen LogP contribution in [-0.4, -0.2) is 48.0 Å². The van der Waals surface area contributed by atoms with Gasteiger partial charge < -0.3 is 4.74 Å². The maximum Gasteiger partial charge on any atom is 0.320 e. The van der Waals surface area contributed by atoms with Crippen LogP contribution in [0.2, 0.25) is 0 Å². The molecule has 0 N–H and O–H groups in total. The zero-order valence-electron chi connectivity index (χ0n) is 13.1. The first-order chi connectivity index (χ1) is 9.95. The number of carbonyl (C=O) groups is 3. The molecule has 0 aromatic rings. The standard InChI is InChI=1S/C15H27NO4S/c1-3-4-5-6-7-8-9-20-14(18)11-16(10-13(2)17)12-15(19)21/h3-12H2,1-2H3,(H,19,21). The fourth-order valence-electron chi connectivity index (χ4n) is 1.97. The molecule has 0 bridgehead atoms. The number of thiol groups is 1. The summed E-state index contributed by atoms with van der Waals surface area (Å²) in [6.07, 6.45) is 6.76. The highest BCUT2D eigenvalue weighted by atomic mass is 32.1. The number of ketones is 1. The van der Waals surface area contributed by atoms with E-state index in [-0.39, 0.29) is 30.5 Å². The Labute approximate surface area is 132 Å². The van der Waals surface area contributed by atoms with E-state index in [0.29, 0.717) is 6.61 Å². The van der Waals surface area contributed by atoms with Crippen LogP contribution in [0.4, 0.5) is 0 Å². The van der Waals surface area contributed by atoms with Crippen molar-refractivity contribution in [2.24, 2.45) is 0 Å². The van der Waals surface area contributed by atoms with E-state index < -0.39 is 5.97 Å². The van der Waals surface area contributed by atoms with E-state index >= 15 is 0 Å². The lowest BCUT2D eigenvalue weighted by Gasteiger charge is -2.17. The normalized spacial score (nSPS) is 10.7. The van der Waals surface area contributed by atoms with E-state index in [2.05, 4.69) is 19.6 Å². The van der Waals surface area contributed by atoms with Crippen molar-refractivity contribution in [2.75, 3.05) is 26.2 Å². The van der Waals surface area contributed by atoms with Gasteiger partial charge in [0, 0.05) is 0 Å². The number of unbranched alkanes of at least 4 members (excludes halogenated alkanes) is 5. The Balaban J connectivity index is 3.82. The van der Waals surface area contributed by atoms with E-state index in [1.54, 1.807) is 0 Å². The fraction of sp³-hybridized carbons (Fsp3) is 0.800. The largest absolute Gasteiger partial charge is 0.465 e. The molecule has 0 saturated carbocycles. The number of hydrogen-bond donors (Lipinski definition) is 1. The third-order valence-corrected chi connectivity index (χ3v) is 3.06. The quantitative estimate of drug-likeness (QED) is 0.321. The molecule has 21 heavy (non-hydrogen) atoms. The zero-order valence-corrected chi connectivity index (χ0v) is 14.0. The molecule has 0 aromatic heterocycles. The van der Waals surface area contributed by atoms with Crippen molar-refractivity contribution < 1.29 is 19.1 Å². The van der Waals surface area contributed by atoms with Crippen LogP contribution in [-0.2, 0) is 19.1 Å². The highest BCUT2D eigenvalue weighted by Crippen LogP contribution is 2.05. The van der Waals surface area contributed by atoms with E-state index in [1.807, 2.05) is 0 Å². The summed E-state index contributed by atoms with van der Waals surface area (Å²) in [6, 6.07) is 0. The predicted octanol–water partition coefficient (Wildman–Crippen LogP) is 2.24.